The normalized spacial score (nSPS) is 51.1. The highest BCUT2D eigenvalue weighted by Gasteiger charge is 2.56. The second-order valence-corrected chi connectivity index (χ2v) is 5.58. The number of aliphatic hydroxyl groups is 8. The van der Waals surface area contributed by atoms with Crippen molar-refractivity contribution in [1.29, 1.82) is 0 Å². The zero-order chi connectivity index (χ0) is 17.4. The van der Waals surface area contributed by atoms with Gasteiger partial charge in [0.25, 0.3) is 0 Å². The van der Waals surface area contributed by atoms with E-state index in [1.54, 1.807) is 0 Å². The molecule has 0 aliphatic carbocycles. The smallest absolute Gasteiger partial charge is 0.219 e. The van der Waals surface area contributed by atoms with Gasteiger partial charge in [-0.05, 0) is 0 Å². The fraction of sp³-hybridized carbons (Fsp3) is 1.00. The molecule has 2 rings (SSSR count). The van der Waals surface area contributed by atoms with Crippen molar-refractivity contribution in [1.82, 2.24) is 0 Å². The van der Waals surface area contributed by atoms with Gasteiger partial charge in [-0.2, -0.15) is 0 Å². The first-order valence-electron chi connectivity index (χ1n) is 7.05. The number of ether oxygens (including phenoxy) is 3. The molecule has 0 spiro atoms. The Morgan fingerprint density at radius 2 is 1.48 bits per heavy atom. The van der Waals surface area contributed by atoms with E-state index in [0.717, 1.165) is 0 Å². The van der Waals surface area contributed by atoms with Crippen molar-refractivity contribution in [2.75, 3.05) is 19.8 Å². The molecule has 3 unspecified atom stereocenters. The second-order valence-electron chi connectivity index (χ2n) is 5.58. The molecule has 0 aromatic carbocycles. The molecule has 8 N–H and O–H groups in total. The van der Waals surface area contributed by atoms with Gasteiger partial charge in [-0.3, -0.25) is 0 Å². The molecule has 0 radical (unpaired) electrons. The SMILES string of the molecule is OCC1OC(O[C@@H]2C(CO)O[C@](O)(CO)[C@H]2O)[C@H](O)[C@@H](O)[C@@H]1O. The Hall–Kier alpha value is -0.440. The highest BCUT2D eigenvalue weighted by molar-refractivity contribution is 4.98. The molecular weight excluding hydrogens is 320 g/mol. The van der Waals surface area contributed by atoms with Crippen molar-refractivity contribution in [3.05, 3.63) is 0 Å². The standard InChI is InChI=1S/C12H22O11/c13-1-4-6(16)7(17)8(18)11(21-4)22-9-5(2-14)23-12(20,3-15)10(9)19/h4-11,13-20H,1-3H2/t4?,5?,6-,7+,8-,9-,10+,11?,12-/m1/s1. The largest absolute Gasteiger partial charge is 0.394 e. The van der Waals surface area contributed by atoms with E-state index in [4.69, 9.17) is 24.4 Å². The molecular formula is C12H22O11. The highest BCUT2D eigenvalue weighted by Crippen LogP contribution is 2.33. The average molecular weight is 342 g/mol. The lowest BCUT2D eigenvalue weighted by atomic mass is 9.99. The Morgan fingerprint density at radius 3 is 2.00 bits per heavy atom. The maximum absolute atomic E-state index is 10.00. The van der Waals surface area contributed by atoms with Crippen LogP contribution < -0.4 is 0 Å². The molecule has 0 amide bonds. The molecule has 2 aliphatic heterocycles. The zero-order valence-electron chi connectivity index (χ0n) is 12.0. The lowest BCUT2D eigenvalue weighted by Gasteiger charge is -2.41. The summed E-state index contributed by atoms with van der Waals surface area (Å²) < 4.78 is 15.3. The van der Waals surface area contributed by atoms with Gasteiger partial charge < -0.3 is 55.1 Å². The van der Waals surface area contributed by atoms with Crippen molar-refractivity contribution in [3.8, 4) is 0 Å². The van der Waals surface area contributed by atoms with E-state index < -0.39 is 74.6 Å². The number of hydrogen-bond donors (Lipinski definition) is 8. The first-order chi connectivity index (χ1) is 10.8. The van der Waals surface area contributed by atoms with Crippen molar-refractivity contribution in [3.63, 3.8) is 0 Å². The van der Waals surface area contributed by atoms with Crippen LogP contribution in [0.1, 0.15) is 0 Å². The molecule has 0 bridgehead atoms. The molecule has 0 aromatic heterocycles. The third kappa shape index (κ3) is 3.36. The van der Waals surface area contributed by atoms with Crippen LogP contribution in [0.3, 0.4) is 0 Å². The summed E-state index contributed by atoms with van der Waals surface area (Å²) in [6.45, 7) is -2.32. The fourth-order valence-electron chi connectivity index (χ4n) is 2.63. The van der Waals surface area contributed by atoms with Crippen molar-refractivity contribution in [2.24, 2.45) is 0 Å². The summed E-state index contributed by atoms with van der Waals surface area (Å²) in [5, 5.41) is 76.5. The van der Waals surface area contributed by atoms with E-state index in [9.17, 15) is 30.6 Å². The van der Waals surface area contributed by atoms with Crippen LogP contribution in [0.25, 0.3) is 0 Å². The van der Waals surface area contributed by atoms with Gasteiger partial charge in [-0.1, -0.05) is 0 Å². The molecule has 23 heavy (non-hydrogen) atoms. The molecule has 0 saturated carbocycles. The molecule has 2 heterocycles. The average Bonchev–Trinajstić information content (AvgIpc) is 2.80. The second kappa shape index (κ2) is 7.21. The zero-order valence-corrected chi connectivity index (χ0v) is 12.0. The third-order valence-electron chi connectivity index (χ3n) is 4.04. The van der Waals surface area contributed by atoms with Crippen molar-refractivity contribution >= 4 is 0 Å². The minimum atomic E-state index is -2.37. The number of aliphatic hydroxyl groups excluding tert-OH is 7. The van der Waals surface area contributed by atoms with Crippen LogP contribution in [0.5, 0.6) is 0 Å². The third-order valence-corrected chi connectivity index (χ3v) is 4.04. The van der Waals surface area contributed by atoms with E-state index in [-0.39, 0.29) is 0 Å². The van der Waals surface area contributed by atoms with Gasteiger partial charge in [-0.25, -0.2) is 0 Å². The van der Waals surface area contributed by atoms with E-state index in [0.29, 0.717) is 0 Å². The summed E-state index contributed by atoms with van der Waals surface area (Å²) in [4.78, 5) is 0. The molecule has 136 valence electrons. The maximum atomic E-state index is 10.00. The van der Waals surface area contributed by atoms with Crippen molar-refractivity contribution in [2.45, 2.75) is 54.8 Å². The van der Waals surface area contributed by atoms with E-state index in [1.807, 2.05) is 0 Å². The van der Waals surface area contributed by atoms with Gasteiger partial charge in [0.2, 0.25) is 5.79 Å². The molecule has 9 atom stereocenters. The first kappa shape index (κ1) is 18.9. The molecule has 2 aliphatic rings. The van der Waals surface area contributed by atoms with Gasteiger partial charge in [0.1, 0.15) is 42.7 Å². The fourth-order valence-corrected chi connectivity index (χ4v) is 2.63. The van der Waals surface area contributed by atoms with E-state index in [1.165, 1.54) is 0 Å². The van der Waals surface area contributed by atoms with Gasteiger partial charge in [0.05, 0.1) is 19.8 Å². The summed E-state index contributed by atoms with van der Waals surface area (Å²) in [6, 6.07) is 0. The van der Waals surface area contributed by atoms with Gasteiger partial charge in [-0.15, -0.1) is 0 Å². The first-order valence-corrected chi connectivity index (χ1v) is 7.05. The molecule has 11 nitrogen and oxygen atoms in total. The summed E-state index contributed by atoms with van der Waals surface area (Å²) in [7, 11) is 0. The van der Waals surface area contributed by atoms with Crippen LogP contribution in [-0.2, 0) is 14.2 Å². The Morgan fingerprint density at radius 1 is 0.870 bits per heavy atom. The van der Waals surface area contributed by atoms with E-state index >= 15 is 0 Å². The summed E-state index contributed by atoms with van der Waals surface area (Å²) >= 11 is 0. The van der Waals surface area contributed by atoms with Gasteiger partial charge in [0.15, 0.2) is 6.29 Å². The van der Waals surface area contributed by atoms with Crippen LogP contribution >= 0.6 is 0 Å². The molecule has 0 aromatic rings. The summed E-state index contributed by atoms with van der Waals surface area (Å²) in [5.41, 5.74) is 0. The van der Waals surface area contributed by atoms with Crippen LogP contribution in [0.2, 0.25) is 0 Å². The van der Waals surface area contributed by atoms with Crippen LogP contribution in [0, 0.1) is 0 Å². The van der Waals surface area contributed by atoms with Gasteiger partial charge in [0, 0.05) is 0 Å². The number of rotatable bonds is 5. The monoisotopic (exact) mass is 342 g/mol. The minimum absolute atomic E-state index is 0.668. The Kier molecular flexibility index (Phi) is 5.92. The lowest BCUT2D eigenvalue weighted by Crippen LogP contribution is -2.60. The summed E-state index contributed by atoms with van der Waals surface area (Å²) in [5.74, 6) is -2.37. The highest BCUT2D eigenvalue weighted by atomic mass is 16.7. The van der Waals surface area contributed by atoms with Crippen molar-refractivity contribution < 1.29 is 55.1 Å². The summed E-state index contributed by atoms with van der Waals surface area (Å²) in [6.07, 6.45) is -12.2. The lowest BCUT2D eigenvalue weighted by molar-refractivity contribution is -0.318. The minimum Gasteiger partial charge on any atom is -0.394 e. The Bertz CT molecular complexity index is 393. The van der Waals surface area contributed by atoms with Crippen LogP contribution in [0.4, 0.5) is 0 Å². The molecule has 2 fully saturated rings. The number of hydrogen-bond acceptors (Lipinski definition) is 11. The topological polar surface area (TPSA) is 190 Å². The molecule has 11 heteroatoms. The maximum Gasteiger partial charge on any atom is 0.219 e. The Labute approximate surface area is 130 Å². The quantitative estimate of drug-likeness (QED) is 0.238. The predicted molar refractivity (Wildman–Crippen MR) is 68.6 cm³/mol. The van der Waals surface area contributed by atoms with Crippen LogP contribution in [-0.4, -0.2) is 115 Å². The van der Waals surface area contributed by atoms with E-state index in [2.05, 4.69) is 0 Å². The molecule has 2 saturated heterocycles. The predicted octanol–water partition coefficient (Wildman–Crippen LogP) is -5.40. The van der Waals surface area contributed by atoms with Gasteiger partial charge >= 0.3 is 0 Å². The van der Waals surface area contributed by atoms with Crippen LogP contribution in [0.15, 0.2) is 0 Å². The Balaban J connectivity index is 2.13.